The fraction of sp³-hybridized carbons (Fsp3) is 0.917. The van der Waals surface area contributed by atoms with E-state index in [1.165, 1.54) is 0 Å². The molecule has 0 bridgehead atoms. The number of hydrogen-bond donors (Lipinski definition) is 1. The van der Waals surface area contributed by atoms with Crippen LogP contribution in [-0.2, 0) is 23.7 Å². The molecule has 0 aliphatic heterocycles. The van der Waals surface area contributed by atoms with E-state index in [0.29, 0.717) is 46.1 Å². The number of carbonyl (C=O) groups is 1. The Morgan fingerprint density at radius 2 is 1.61 bits per heavy atom. The zero-order valence-corrected chi connectivity index (χ0v) is 11.2. The molecule has 6 heteroatoms. The summed E-state index contributed by atoms with van der Waals surface area (Å²) in [6.07, 6.45) is 0.604. The van der Waals surface area contributed by atoms with Gasteiger partial charge >= 0.3 is 5.97 Å². The maximum Gasteiger partial charge on any atom is 0.303 e. The first-order chi connectivity index (χ1) is 8.66. The highest BCUT2D eigenvalue weighted by atomic mass is 16.6. The van der Waals surface area contributed by atoms with Gasteiger partial charge in [0.15, 0.2) is 0 Å². The van der Waals surface area contributed by atoms with Crippen LogP contribution in [0.5, 0.6) is 0 Å². The molecule has 18 heavy (non-hydrogen) atoms. The second kappa shape index (κ2) is 12.8. The van der Waals surface area contributed by atoms with Crippen LogP contribution >= 0.6 is 0 Å². The van der Waals surface area contributed by atoms with E-state index in [4.69, 9.17) is 24.1 Å². The van der Waals surface area contributed by atoms with Crippen molar-refractivity contribution in [3.63, 3.8) is 0 Å². The van der Waals surface area contributed by atoms with Crippen molar-refractivity contribution in [3.05, 3.63) is 0 Å². The lowest BCUT2D eigenvalue weighted by atomic mass is 10.2. The molecule has 1 N–H and O–H groups in total. The highest BCUT2D eigenvalue weighted by Crippen LogP contribution is 2.01. The van der Waals surface area contributed by atoms with Crippen molar-refractivity contribution >= 4 is 5.97 Å². The molecule has 0 radical (unpaired) electrons. The van der Waals surface area contributed by atoms with Gasteiger partial charge in [0.2, 0.25) is 0 Å². The molecule has 0 saturated heterocycles. The summed E-state index contributed by atoms with van der Waals surface area (Å²) in [5, 5.41) is 8.49. The summed E-state index contributed by atoms with van der Waals surface area (Å²) in [6, 6.07) is 0. The van der Waals surface area contributed by atoms with Crippen molar-refractivity contribution in [2.24, 2.45) is 0 Å². The summed E-state index contributed by atoms with van der Waals surface area (Å²) >= 11 is 0. The smallest absolute Gasteiger partial charge is 0.303 e. The second-order valence-corrected chi connectivity index (χ2v) is 3.83. The minimum Gasteiger partial charge on any atom is -0.481 e. The molecule has 0 heterocycles. The Kier molecular flexibility index (Phi) is 12.3. The van der Waals surface area contributed by atoms with Crippen LogP contribution in [0, 0.1) is 0 Å². The lowest BCUT2D eigenvalue weighted by Gasteiger charge is -2.12. The third kappa shape index (κ3) is 13.4. The quantitative estimate of drug-likeness (QED) is 0.499. The first kappa shape index (κ1) is 17.3. The number of ether oxygens (including phenoxy) is 4. The number of carboxylic acid groups (broad SMARTS) is 1. The van der Waals surface area contributed by atoms with Crippen LogP contribution in [0.2, 0.25) is 0 Å². The van der Waals surface area contributed by atoms with Gasteiger partial charge < -0.3 is 24.1 Å². The molecule has 0 amide bonds. The Labute approximate surface area is 108 Å². The maximum absolute atomic E-state index is 10.3. The van der Waals surface area contributed by atoms with E-state index >= 15 is 0 Å². The fourth-order valence-electron chi connectivity index (χ4n) is 1.18. The lowest BCUT2D eigenvalue weighted by molar-refractivity contribution is -0.137. The Morgan fingerprint density at radius 1 is 1.06 bits per heavy atom. The van der Waals surface area contributed by atoms with E-state index in [-0.39, 0.29) is 12.5 Å². The summed E-state index contributed by atoms with van der Waals surface area (Å²) in [6.45, 7) is 5.04. The number of carboxylic acids is 1. The molecular weight excluding hydrogens is 240 g/mol. The van der Waals surface area contributed by atoms with Crippen molar-refractivity contribution in [1.82, 2.24) is 0 Å². The van der Waals surface area contributed by atoms with E-state index in [1.54, 1.807) is 7.11 Å². The van der Waals surface area contributed by atoms with Crippen LogP contribution in [0.1, 0.15) is 19.8 Å². The van der Waals surface area contributed by atoms with Crippen molar-refractivity contribution < 1.29 is 28.8 Å². The van der Waals surface area contributed by atoms with E-state index < -0.39 is 5.97 Å². The topological polar surface area (TPSA) is 74.2 Å². The number of hydrogen-bond acceptors (Lipinski definition) is 5. The van der Waals surface area contributed by atoms with Crippen LogP contribution in [0.25, 0.3) is 0 Å². The summed E-state index contributed by atoms with van der Waals surface area (Å²) in [7, 11) is 1.63. The fourth-order valence-corrected chi connectivity index (χ4v) is 1.18. The molecule has 0 fully saturated rings. The molecule has 6 nitrogen and oxygen atoms in total. The van der Waals surface area contributed by atoms with Crippen LogP contribution in [-0.4, -0.2) is 63.9 Å². The summed E-state index contributed by atoms with van der Waals surface area (Å²) in [5.41, 5.74) is 0. The molecule has 0 saturated carbocycles. The Balaban J connectivity index is 3.12. The Bertz CT molecular complexity index is 197. The summed E-state index contributed by atoms with van der Waals surface area (Å²) in [4.78, 5) is 10.3. The molecule has 0 aliphatic rings. The second-order valence-electron chi connectivity index (χ2n) is 3.83. The minimum atomic E-state index is -0.796. The van der Waals surface area contributed by atoms with Crippen molar-refractivity contribution in [1.29, 1.82) is 0 Å². The third-order valence-corrected chi connectivity index (χ3v) is 2.20. The number of rotatable bonds is 13. The molecule has 0 aromatic rings. The van der Waals surface area contributed by atoms with E-state index in [0.717, 1.165) is 0 Å². The van der Waals surface area contributed by atoms with E-state index in [2.05, 4.69) is 0 Å². The van der Waals surface area contributed by atoms with E-state index in [9.17, 15) is 4.79 Å². The predicted molar refractivity (Wildman–Crippen MR) is 65.8 cm³/mol. The Morgan fingerprint density at radius 3 is 2.17 bits per heavy atom. The molecule has 0 aromatic heterocycles. The lowest BCUT2D eigenvalue weighted by Crippen LogP contribution is -2.16. The average molecular weight is 264 g/mol. The number of methoxy groups -OCH3 is 1. The molecular formula is C12H24O6. The molecule has 0 aliphatic carbocycles. The van der Waals surface area contributed by atoms with Gasteiger partial charge in [-0.2, -0.15) is 0 Å². The van der Waals surface area contributed by atoms with Crippen LogP contribution < -0.4 is 0 Å². The molecule has 0 spiro atoms. The monoisotopic (exact) mass is 264 g/mol. The van der Waals surface area contributed by atoms with Crippen LogP contribution in [0.15, 0.2) is 0 Å². The van der Waals surface area contributed by atoms with Crippen molar-refractivity contribution in [2.75, 3.05) is 46.8 Å². The standard InChI is InChI=1S/C12H24O6/c1-11(3-4-12(13)14)18-10-9-17-8-7-16-6-5-15-2/h11H,3-10H2,1-2H3,(H,13,14). The average Bonchev–Trinajstić information content (AvgIpc) is 2.34. The molecule has 1 atom stereocenters. The zero-order chi connectivity index (χ0) is 13.6. The van der Waals surface area contributed by atoms with Gasteiger partial charge in [0.1, 0.15) is 0 Å². The van der Waals surface area contributed by atoms with Gasteiger partial charge in [-0.3, -0.25) is 4.79 Å². The third-order valence-electron chi connectivity index (χ3n) is 2.20. The molecule has 0 aromatic carbocycles. The first-order valence-electron chi connectivity index (χ1n) is 6.14. The van der Waals surface area contributed by atoms with E-state index in [1.807, 2.05) is 6.92 Å². The van der Waals surface area contributed by atoms with Gasteiger partial charge in [0.05, 0.1) is 45.7 Å². The van der Waals surface area contributed by atoms with Gasteiger partial charge in [-0.15, -0.1) is 0 Å². The van der Waals surface area contributed by atoms with Crippen LogP contribution in [0.4, 0.5) is 0 Å². The van der Waals surface area contributed by atoms with Gasteiger partial charge in [0, 0.05) is 13.5 Å². The van der Waals surface area contributed by atoms with Crippen LogP contribution in [0.3, 0.4) is 0 Å². The maximum atomic E-state index is 10.3. The number of aliphatic carboxylic acids is 1. The molecule has 1 unspecified atom stereocenters. The van der Waals surface area contributed by atoms with Gasteiger partial charge in [0.25, 0.3) is 0 Å². The van der Waals surface area contributed by atoms with Crippen molar-refractivity contribution in [3.8, 4) is 0 Å². The SMILES string of the molecule is COCCOCCOCCOC(C)CCC(=O)O. The largest absolute Gasteiger partial charge is 0.481 e. The van der Waals surface area contributed by atoms with Crippen molar-refractivity contribution in [2.45, 2.75) is 25.9 Å². The highest BCUT2D eigenvalue weighted by molar-refractivity contribution is 5.66. The molecule has 0 rings (SSSR count). The minimum absolute atomic E-state index is 0.0531. The normalized spacial score (nSPS) is 12.6. The highest BCUT2D eigenvalue weighted by Gasteiger charge is 2.05. The van der Waals surface area contributed by atoms with Gasteiger partial charge in [-0.25, -0.2) is 0 Å². The first-order valence-corrected chi connectivity index (χ1v) is 6.14. The summed E-state index contributed by atoms with van der Waals surface area (Å²) in [5.74, 6) is -0.796. The van der Waals surface area contributed by atoms with Gasteiger partial charge in [-0.05, 0) is 13.3 Å². The Hall–Kier alpha value is -0.690. The predicted octanol–water partition coefficient (Wildman–Crippen LogP) is 0.936. The zero-order valence-electron chi connectivity index (χ0n) is 11.2. The summed E-state index contributed by atoms with van der Waals surface area (Å²) < 4.78 is 20.7. The molecule has 108 valence electrons. The van der Waals surface area contributed by atoms with Gasteiger partial charge in [-0.1, -0.05) is 0 Å².